The van der Waals surface area contributed by atoms with Crippen LogP contribution in [0.1, 0.15) is 134 Å². The number of thiophene rings is 1. The molecule has 2 saturated heterocycles. The number of carboxylic acids is 2. The molecule has 14 atom stereocenters. The Kier molecular flexibility index (Phi) is 41.8. The monoisotopic (exact) mass is 1940 g/mol. The Bertz CT molecular complexity index is 5290. The number of aromatic amines is 2. The molecule has 137 heavy (non-hydrogen) atoms. The van der Waals surface area contributed by atoms with Crippen molar-refractivity contribution in [3.05, 3.63) is 119 Å². The van der Waals surface area contributed by atoms with Gasteiger partial charge in [-0.25, -0.2) is 4.98 Å². The zero-order valence-electron chi connectivity index (χ0n) is 77.6. The summed E-state index contributed by atoms with van der Waals surface area (Å²) in [6.45, 7) is 3.74. The fourth-order valence-corrected chi connectivity index (χ4v) is 17.9. The van der Waals surface area contributed by atoms with Crippen molar-refractivity contribution in [1.82, 2.24) is 92.6 Å². The number of likely N-dealkylation sites (N-methyl/N-ethyl adjacent to an activating group) is 3. The third kappa shape index (κ3) is 32.4. The number of carbonyl (C=O) groups is 19. The Morgan fingerprint density at radius 2 is 1.18 bits per heavy atom. The van der Waals surface area contributed by atoms with Crippen LogP contribution >= 0.6 is 23.1 Å². The Morgan fingerprint density at radius 3 is 1.82 bits per heavy atom. The van der Waals surface area contributed by atoms with Crippen LogP contribution in [0.25, 0.3) is 21.0 Å². The first-order chi connectivity index (χ1) is 65.1. The van der Waals surface area contributed by atoms with Crippen LogP contribution in [-0.4, -0.2) is 329 Å². The number of aliphatic carboxylic acids is 2. The Hall–Kier alpha value is -13.5. The molecule has 22 N–H and O–H groups in total. The van der Waals surface area contributed by atoms with Gasteiger partial charge in [0.2, 0.25) is 94.5 Å². The van der Waals surface area contributed by atoms with Crippen molar-refractivity contribution in [3.8, 4) is 5.75 Å². The number of hydrogen-bond donors (Lipinski definition) is 19. The minimum Gasteiger partial charge on any atom is -0.508 e. The normalized spacial score (nSPS) is 23.8. The number of H-pyrrole nitrogens is 2. The number of aromatic hydroxyl groups is 1. The highest BCUT2D eigenvalue weighted by Crippen LogP contribution is 2.29. The van der Waals surface area contributed by atoms with Gasteiger partial charge in [0.25, 0.3) is 0 Å². The topological polar surface area (TPSA) is 664 Å². The van der Waals surface area contributed by atoms with E-state index in [1.165, 1.54) is 78.9 Å². The summed E-state index contributed by atoms with van der Waals surface area (Å²) in [5.74, 6) is -22.0. The summed E-state index contributed by atoms with van der Waals surface area (Å²) < 4.78 is 0.844. The van der Waals surface area contributed by atoms with Gasteiger partial charge in [-0.15, -0.1) is 23.1 Å². The average molecular weight is 1950 g/mol. The van der Waals surface area contributed by atoms with Gasteiger partial charge in [-0.1, -0.05) is 102 Å². The number of nitrogens with two attached hydrogens (primary N) is 3. The number of aromatic nitrogens is 3. The second-order valence-electron chi connectivity index (χ2n) is 34.6. The molecule has 0 spiro atoms. The highest BCUT2D eigenvalue weighted by atomic mass is 32.2. The molecule has 6 aromatic rings. The maximum absolute atomic E-state index is 15.5. The first kappa shape index (κ1) is 109. The maximum atomic E-state index is 15.5. The van der Waals surface area contributed by atoms with Crippen molar-refractivity contribution >= 4 is 156 Å². The third-order valence-corrected chi connectivity index (χ3v) is 25.5. The van der Waals surface area contributed by atoms with Gasteiger partial charge in [-0.3, -0.25) is 96.0 Å². The van der Waals surface area contributed by atoms with Crippen LogP contribution in [-0.2, 0) is 117 Å². The minimum absolute atomic E-state index is 0.0500. The van der Waals surface area contributed by atoms with Gasteiger partial charge in [0.05, 0.1) is 55.5 Å². The van der Waals surface area contributed by atoms with Crippen molar-refractivity contribution in [1.29, 1.82) is 0 Å². The smallest absolute Gasteiger partial charge is 0.323 e. The number of benzene rings is 3. The number of fused-ring (bicyclic) bond motifs is 3. The van der Waals surface area contributed by atoms with Gasteiger partial charge in [0, 0.05) is 92.9 Å². The number of Topliss-reactive ketones (excluding diaryl/α,β-unsaturated/α-hetero) is 1. The van der Waals surface area contributed by atoms with Crippen LogP contribution in [0.4, 0.5) is 0 Å². The number of carboxylic acid groups (broad SMARTS) is 2. The van der Waals surface area contributed by atoms with Gasteiger partial charge in [-0.05, 0) is 110 Å². The third-order valence-electron chi connectivity index (χ3n) is 23.5. The van der Waals surface area contributed by atoms with Crippen LogP contribution < -0.4 is 70.4 Å². The van der Waals surface area contributed by atoms with Crippen LogP contribution in [0.5, 0.6) is 5.75 Å². The molecule has 3 aromatic carbocycles. The molecule has 2 fully saturated rings. The molecule has 5 heterocycles. The lowest BCUT2D eigenvalue weighted by Gasteiger charge is -2.35. The lowest BCUT2D eigenvalue weighted by atomic mass is 9.98. The van der Waals surface area contributed by atoms with Crippen LogP contribution in [0, 0.1) is 5.92 Å². The molecule has 0 bridgehead atoms. The first-order valence-corrected chi connectivity index (χ1v) is 47.2. The minimum atomic E-state index is -2.11. The summed E-state index contributed by atoms with van der Waals surface area (Å²) >= 11 is 2.13. The quantitative estimate of drug-likeness (QED) is 0.0246. The zero-order chi connectivity index (χ0) is 101. The number of primary amides is 2. The summed E-state index contributed by atoms with van der Waals surface area (Å²) in [5, 5.41) is 70.9. The van der Waals surface area contributed by atoms with E-state index in [0.717, 1.165) is 38.7 Å². The number of unbranched alkanes of at least 4 members (excludes halogenated alkanes) is 2. The highest BCUT2D eigenvalue weighted by molar-refractivity contribution is 8.00. The summed E-state index contributed by atoms with van der Waals surface area (Å²) in [6, 6.07) is -1.17. The molecule has 16 amide bonds. The molecule has 1 unspecified atom stereocenters. The van der Waals surface area contributed by atoms with Gasteiger partial charge in [0.15, 0.2) is 5.78 Å². The van der Waals surface area contributed by atoms with E-state index in [2.05, 4.69) is 68.1 Å². The number of nitrogens with zero attached hydrogens (tertiary/aromatic N) is 6. The van der Waals surface area contributed by atoms with E-state index in [-0.39, 0.29) is 68.9 Å². The number of aliphatic hydroxyl groups is 1. The molecular weight excluding hydrogens is 1820 g/mol. The van der Waals surface area contributed by atoms with Gasteiger partial charge in [-0.2, -0.15) is 0 Å². The van der Waals surface area contributed by atoms with E-state index >= 15 is 33.6 Å². The van der Waals surface area contributed by atoms with E-state index in [1.807, 2.05) is 37.4 Å². The molecular formula is C91H125N21O23S2. The number of phenolic OH excluding ortho intramolecular Hbond substituents is 1. The van der Waals surface area contributed by atoms with Gasteiger partial charge < -0.3 is 120 Å². The molecule has 0 saturated carbocycles. The van der Waals surface area contributed by atoms with E-state index < -0.39 is 273 Å². The molecule has 8 rings (SSSR count). The Labute approximate surface area is 798 Å². The fourth-order valence-electron chi connectivity index (χ4n) is 16.1. The second kappa shape index (κ2) is 52.6. The van der Waals surface area contributed by atoms with Crippen LogP contribution in [0.15, 0.2) is 96.9 Å². The number of thioether (sulfide) groups is 1. The average Bonchev–Trinajstić information content (AvgIpc) is 1.63. The number of para-hydroxylation sites is 1. The second-order valence-corrected chi connectivity index (χ2v) is 36.5. The summed E-state index contributed by atoms with van der Waals surface area (Å²) in [7, 11) is 4.09. The fraction of sp³-hybridized carbons (Fsp3) is 0.516. The van der Waals surface area contributed by atoms with Crippen LogP contribution in [0.2, 0.25) is 0 Å². The number of phenols is 1. The van der Waals surface area contributed by atoms with Crippen molar-refractivity contribution in [2.75, 3.05) is 71.9 Å². The zero-order valence-corrected chi connectivity index (χ0v) is 79.3. The van der Waals surface area contributed by atoms with E-state index in [4.69, 9.17) is 17.2 Å². The van der Waals surface area contributed by atoms with E-state index in [0.29, 0.717) is 58.2 Å². The van der Waals surface area contributed by atoms with Crippen LogP contribution in [0.3, 0.4) is 0 Å². The number of hydrogen-bond acceptors (Lipinski definition) is 26. The number of amides is 16. The predicted octanol–water partition coefficient (Wildman–Crippen LogP) is -2.27. The number of imidazole rings is 1. The Morgan fingerprint density at radius 1 is 0.577 bits per heavy atom. The first-order valence-electron chi connectivity index (χ1n) is 45.1. The molecule has 0 aliphatic carbocycles. The number of nitrogens with one attached hydrogen (secondary N) is 12. The summed E-state index contributed by atoms with van der Waals surface area (Å²) in [5.41, 5.74) is 19.4. The van der Waals surface area contributed by atoms with Crippen molar-refractivity contribution < 1.29 is 112 Å². The van der Waals surface area contributed by atoms with E-state index in [9.17, 15) is 78.0 Å². The molecule has 2 aliphatic rings. The number of ketones is 1. The van der Waals surface area contributed by atoms with Crippen molar-refractivity contribution in [2.45, 2.75) is 222 Å². The molecule has 744 valence electrons. The van der Waals surface area contributed by atoms with Gasteiger partial charge in [0.1, 0.15) is 85.3 Å². The lowest BCUT2D eigenvalue weighted by molar-refractivity contribution is -0.148. The molecule has 44 nitrogen and oxygen atoms in total. The lowest BCUT2D eigenvalue weighted by Crippen LogP contribution is -2.60. The molecule has 2 aliphatic heterocycles. The molecule has 3 aromatic heterocycles. The number of aliphatic hydroxyl groups excluding tert-OH is 1. The largest absolute Gasteiger partial charge is 0.508 e. The number of carbonyl (C=O) groups excluding carboxylic acids is 17. The highest BCUT2D eigenvalue weighted by Gasteiger charge is 2.46. The SMILES string of the molecule is CCCC[C@H]1C(=O)N(C)[C@@H](CCCC)C(=O)N[C@@H](CC(C)C)C(=O)N[C@H](C(=O)NCC(N)=O)CSCC(=O)NC(Cc2ccc(O)cc2)C(=O)N(C)[C@@H](C)C(=O)N[C@@H](CC(N)=O)C(=O)N(CC(=O)O)CC(=O)N[C@@H](Cc2c[nH]cn2)C(=O)N[C@@H](CCC(=O)O)C(=O)N2C[C@H](O)C[C@H]2C(=O)N[C@@H](Cc2c[nH]c3ccccc23)C(=O)N[C@@H](CCN)C(=O)N[C@@H](Cc2csc3ccccc23)C(=O)CN1C. The molecule has 46 heteroatoms. The summed E-state index contributed by atoms with van der Waals surface area (Å²) in [4.78, 5) is 288. The standard InChI is InChI=1S/C91H125N21O23S2/c1-9-11-20-69-86(130)104-63(31-49(3)4)83(127)107-68(81(125)97-40-75(94)117)46-136-47-77(119)100-66(32-51-23-25-55(113)26-24-51)88(132)109(7)50(5)80(124)106-67(37-74(93)116)89(133)111(44-79(122)123)43-76(118)99-65(35-54-39-95-48-98-54)85(129)102-61(27-28-78(120)121)90(134)112-41-56(114)36-71(112)87(131)105-64(33-52-38-96-59-19-15-13-17-57(52)59)84(128)101-60(29-30-92)82(126)103-62(34-53-45-137-73-22-16-14-18-58(53)73)72(115)42-108(6)70(21-12-10-2)91(135)110(69)8/h13-19,22-26,38-39,45,48-50,56,60-71,96,113-114H,9-12,20-21,27-37,40-44,46-47,92H2,1-8H3,(H2,93,116)(H2,94,117)(H,95,98)(H,97,125)(H,99,118)(H,100,119)(H,101,128)(H,102,129)(H,103,126)(H,104,130)(H,105,131)(H,106,124)(H,107,127)(H,120,121)(H,122,123)/t50-,56+,60-,61-,62-,63-,64-,65-,66?,67-,68-,69-,70-,71-/m0/s1. The van der Waals surface area contributed by atoms with Crippen molar-refractivity contribution in [3.63, 3.8) is 0 Å². The van der Waals surface area contributed by atoms with Gasteiger partial charge >= 0.3 is 11.9 Å². The summed E-state index contributed by atoms with van der Waals surface area (Å²) in [6.07, 6.45) is -0.0598. The predicted molar refractivity (Wildman–Crippen MR) is 502 cm³/mol. The van der Waals surface area contributed by atoms with E-state index in [1.54, 1.807) is 50.4 Å². The molecule has 0 radical (unpaired) electrons. The maximum Gasteiger partial charge on any atom is 0.323 e. The van der Waals surface area contributed by atoms with Crippen molar-refractivity contribution in [2.24, 2.45) is 23.1 Å². The Balaban J connectivity index is 1.20. The number of rotatable bonds is 28.